The van der Waals surface area contributed by atoms with Crippen LogP contribution in [-0.2, 0) is 11.2 Å². The summed E-state index contributed by atoms with van der Waals surface area (Å²) in [5.74, 6) is -1.52. The average Bonchev–Trinajstić information content (AvgIpc) is 2.21. The van der Waals surface area contributed by atoms with Crippen molar-refractivity contribution in [2.45, 2.75) is 12.5 Å². The SMILES string of the molecule is COc1ccc(F)c(CC(O)C(=O)O)c1. The van der Waals surface area contributed by atoms with Crippen LogP contribution in [0.15, 0.2) is 18.2 Å². The van der Waals surface area contributed by atoms with Gasteiger partial charge >= 0.3 is 5.97 Å². The molecule has 1 aromatic carbocycles. The summed E-state index contributed by atoms with van der Waals surface area (Å²) in [6.07, 6.45) is -1.88. The van der Waals surface area contributed by atoms with Crippen LogP contribution in [-0.4, -0.2) is 29.4 Å². The Hall–Kier alpha value is -1.62. The fraction of sp³-hybridized carbons (Fsp3) is 0.300. The molecule has 0 saturated heterocycles. The molecule has 0 spiro atoms. The summed E-state index contributed by atoms with van der Waals surface area (Å²) in [6, 6.07) is 3.95. The van der Waals surface area contributed by atoms with Gasteiger partial charge in [-0.25, -0.2) is 9.18 Å². The van der Waals surface area contributed by atoms with Gasteiger partial charge in [-0.15, -0.1) is 0 Å². The van der Waals surface area contributed by atoms with Gasteiger partial charge in [0.1, 0.15) is 11.6 Å². The highest BCUT2D eigenvalue weighted by atomic mass is 19.1. The van der Waals surface area contributed by atoms with Crippen LogP contribution in [0, 0.1) is 5.82 Å². The summed E-state index contributed by atoms with van der Waals surface area (Å²) < 4.78 is 18.0. The quantitative estimate of drug-likeness (QED) is 0.778. The molecule has 0 aliphatic carbocycles. The molecule has 0 aromatic heterocycles. The van der Waals surface area contributed by atoms with Gasteiger partial charge in [-0.3, -0.25) is 0 Å². The number of aliphatic hydroxyl groups is 1. The third-order valence-electron chi connectivity index (χ3n) is 1.95. The Balaban J connectivity index is 2.88. The van der Waals surface area contributed by atoms with E-state index in [0.29, 0.717) is 5.75 Å². The largest absolute Gasteiger partial charge is 0.497 e. The zero-order valence-electron chi connectivity index (χ0n) is 8.11. The van der Waals surface area contributed by atoms with Gasteiger partial charge in [0.15, 0.2) is 6.10 Å². The van der Waals surface area contributed by atoms with Gasteiger partial charge in [0.25, 0.3) is 0 Å². The van der Waals surface area contributed by atoms with E-state index in [4.69, 9.17) is 14.9 Å². The number of carbonyl (C=O) groups is 1. The molecule has 1 unspecified atom stereocenters. The second kappa shape index (κ2) is 4.75. The molecule has 15 heavy (non-hydrogen) atoms. The van der Waals surface area contributed by atoms with Crippen molar-refractivity contribution in [1.82, 2.24) is 0 Å². The molecule has 0 saturated carbocycles. The maximum absolute atomic E-state index is 13.2. The van der Waals surface area contributed by atoms with E-state index in [1.54, 1.807) is 0 Å². The highest BCUT2D eigenvalue weighted by molar-refractivity contribution is 5.72. The van der Waals surface area contributed by atoms with E-state index in [1.807, 2.05) is 0 Å². The van der Waals surface area contributed by atoms with Gasteiger partial charge in [0, 0.05) is 6.42 Å². The second-order valence-corrected chi connectivity index (χ2v) is 3.02. The van der Waals surface area contributed by atoms with Crippen LogP contribution in [0.25, 0.3) is 0 Å². The third kappa shape index (κ3) is 2.92. The predicted molar refractivity (Wildman–Crippen MR) is 50.3 cm³/mol. The predicted octanol–water partition coefficient (Wildman–Crippen LogP) is 0.822. The first-order valence-electron chi connectivity index (χ1n) is 4.28. The van der Waals surface area contributed by atoms with Gasteiger partial charge in [-0.05, 0) is 23.8 Å². The number of rotatable bonds is 4. The number of ether oxygens (including phenoxy) is 1. The molecule has 2 N–H and O–H groups in total. The average molecular weight is 214 g/mol. The minimum absolute atomic E-state index is 0.115. The third-order valence-corrected chi connectivity index (χ3v) is 1.95. The van der Waals surface area contributed by atoms with Crippen molar-refractivity contribution in [2.75, 3.05) is 7.11 Å². The van der Waals surface area contributed by atoms with Crippen LogP contribution < -0.4 is 4.74 Å². The van der Waals surface area contributed by atoms with Crippen molar-refractivity contribution in [1.29, 1.82) is 0 Å². The number of benzene rings is 1. The van der Waals surface area contributed by atoms with Gasteiger partial charge in [0.05, 0.1) is 7.11 Å². The van der Waals surface area contributed by atoms with E-state index in [0.717, 1.165) is 0 Å². The maximum atomic E-state index is 13.2. The Labute approximate surface area is 85.9 Å². The molecule has 0 heterocycles. The van der Waals surface area contributed by atoms with Gasteiger partial charge < -0.3 is 14.9 Å². The first-order chi connectivity index (χ1) is 7.04. The molecular weight excluding hydrogens is 203 g/mol. The Kier molecular flexibility index (Phi) is 3.62. The Morgan fingerprint density at radius 2 is 2.27 bits per heavy atom. The first-order valence-corrected chi connectivity index (χ1v) is 4.28. The van der Waals surface area contributed by atoms with E-state index in [-0.39, 0.29) is 12.0 Å². The normalized spacial score (nSPS) is 12.2. The molecule has 0 bridgehead atoms. The highest BCUT2D eigenvalue weighted by Gasteiger charge is 2.16. The lowest BCUT2D eigenvalue weighted by atomic mass is 10.1. The molecule has 0 fully saturated rings. The summed E-state index contributed by atoms with van der Waals surface area (Å²) in [5.41, 5.74) is 0.115. The van der Waals surface area contributed by atoms with E-state index < -0.39 is 17.9 Å². The Bertz CT molecular complexity index is 364. The van der Waals surface area contributed by atoms with Gasteiger partial charge in [0.2, 0.25) is 0 Å². The van der Waals surface area contributed by atoms with E-state index >= 15 is 0 Å². The summed E-state index contributed by atoms with van der Waals surface area (Å²) in [4.78, 5) is 10.4. The molecule has 0 aliphatic rings. The van der Waals surface area contributed by atoms with Crippen LogP contribution in [0.3, 0.4) is 0 Å². The van der Waals surface area contributed by atoms with E-state index in [1.165, 1.54) is 25.3 Å². The van der Waals surface area contributed by atoms with Crippen molar-refractivity contribution in [2.24, 2.45) is 0 Å². The fourth-order valence-corrected chi connectivity index (χ4v) is 1.13. The smallest absolute Gasteiger partial charge is 0.332 e. The zero-order chi connectivity index (χ0) is 11.4. The number of hydrogen-bond donors (Lipinski definition) is 2. The zero-order valence-corrected chi connectivity index (χ0v) is 8.11. The Morgan fingerprint density at radius 1 is 1.60 bits per heavy atom. The van der Waals surface area contributed by atoms with Crippen molar-refractivity contribution in [3.05, 3.63) is 29.6 Å². The van der Waals surface area contributed by atoms with Crippen LogP contribution >= 0.6 is 0 Å². The number of halogens is 1. The minimum atomic E-state index is -1.60. The minimum Gasteiger partial charge on any atom is -0.497 e. The van der Waals surface area contributed by atoms with E-state index in [9.17, 15) is 9.18 Å². The van der Waals surface area contributed by atoms with Crippen molar-refractivity contribution in [3.63, 3.8) is 0 Å². The molecular formula is C10H11FO4. The topological polar surface area (TPSA) is 66.8 Å². The molecule has 0 amide bonds. The summed E-state index contributed by atoms with van der Waals surface area (Å²) >= 11 is 0. The Morgan fingerprint density at radius 3 is 2.80 bits per heavy atom. The number of hydrogen-bond acceptors (Lipinski definition) is 3. The van der Waals surface area contributed by atoms with Crippen LogP contribution in [0.5, 0.6) is 5.75 Å². The summed E-state index contributed by atoms with van der Waals surface area (Å²) in [7, 11) is 1.42. The van der Waals surface area contributed by atoms with Crippen LogP contribution in [0.1, 0.15) is 5.56 Å². The number of carboxylic acids is 1. The molecule has 0 radical (unpaired) electrons. The molecule has 4 nitrogen and oxygen atoms in total. The lowest BCUT2D eigenvalue weighted by Crippen LogP contribution is -2.22. The second-order valence-electron chi connectivity index (χ2n) is 3.02. The van der Waals surface area contributed by atoms with Gasteiger partial charge in [-0.2, -0.15) is 0 Å². The van der Waals surface area contributed by atoms with Crippen LogP contribution in [0.2, 0.25) is 0 Å². The van der Waals surface area contributed by atoms with Gasteiger partial charge in [-0.1, -0.05) is 0 Å². The molecule has 1 aromatic rings. The first kappa shape index (κ1) is 11.5. The molecule has 0 aliphatic heterocycles. The number of aliphatic carboxylic acids is 1. The van der Waals surface area contributed by atoms with E-state index in [2.05, 4.69) is 0 Å². The highest BCUT2D eigenvalue weighted by Crippen LogP contribution is 2.17. The van der Waals surface area contributed by atoms with Crippen LogP contribution in [0.4, 0.5) is 4.39 Å². The monoisotopic (exact) mass is 214 g/mol. The molecule has 5 heteroatoms. The van der Waals surface area contributed by atoms with Crippen molar-refractivity contribution >= 4 is 5.97 Å². The molecule has 1 rings (SSSR count). The standard InChI is InChI=1S/C10H11FO4/c1-15-7-2-3-8(11)6(4-7)5-9(12)10(13)14/h2-4,9,12H,5H2,1H3,(H,13,14). The summed E-state index contributed by atoms with van der Waals surface area (Å²) in [6.45, 7) is 0. The molecule has 1 atom stereocenters. The maximum Gasteiger partial charge on any atom is 0.332 e. The fourth-order valence-electron chi connectivity index (χ4n) is 1.13. The molecule has 82 valence electrons. The summed E-state index contributed by atoms with van der Waals surface area (Å²) in [5, 5.41) is 17.5. The number of carboxylic acid groups (broad SMARTS) is 1. The number of aliphatic hydroxyl groups excluding tert-OH is 1. The lowest BCUT2D eigenvalue weighted by Gasteiger charge is -2.08. The number of methoxy groups -OCH3 is 1. The van der Waals surface area contributed by atoms with Crippen molar-refractivity contribution in [3.8, 4) is 5.75 Å². The van der Waals surface area contributed by atoms with Crippen molar-refractivity contribution < 1.29 is 24.1 Å². The lowest BCUT2D eigenvalue weighted by molar-refractivity contribution is -0.146.